The first-order chi connectivity index (χ1) is 8.58. The summed E-state index contributed by atoms with van der Waals surface area (Å²) in [6.07, 6.45) is 1.79. The smallest absolute Gasteiger partial charge is 0.169 e. The maximum Gasteiger partial charge on any atom is 0.169 e. The van der Waals surface area contributed by atoms with Gasteiger partial charge in [-0.1, -0.05) is 23.8 Å². The van der Waals surface area contributed by atoms with Crippen LogP contribution in [0.4, 0.5) is 0 Å². The monoisotopic (exact) mass is 264 g/mol. The SMILES string of the molecule is C=CCNC(=S)N(C)Cc1cc(C)ccc1OC. The number of hydrogen-bond donors (Lipinski definition) is 1. The zero-order valence-corrected chi connectivity index (χ0v) is 12.0. The maximum absolute atomic E-state index is 5.36. The molecule has 0 aliphatic heterocycles. The summed E-state index contributed by atoms with van der Waals surface area (Å²) in [6, 6.07) is 6.14. The minimum atomic E-state index is 0.675. The molecule has 0 fully saturated rings. The second-order valence-corrected chi connectivity index (χ2v) is 4.53. The van der Waals surface area contributed by atoms with Crippen molar-refractivity contribution < 1.29 is 4.74 Å². The number of methoxy groups -OCH3 is 1. The molecule has 98 valence electrons. The quantitative estimate of drug-likeness (QED) is 0.652. The van der Waals surface area contributed by atoms with Gasteiger partial charge in [-0.25, -0.2) is 0 Å². The highest BCUT2D eigenvalue weighted by atomic mass is 32.1. The van der Waals surface area contributed by atoms with Gasteiger partial charge in [0.05, 0.1) is 7.11 Å². The van der Waals surface area contributed by atoms with E-state index in [0.717, 1.165) is 11.3 Å². The summed E-state index contributed by atoms with van der Waals surface area (Å²) in [5.41, 5.74) is 2.34. The summed E-state index contributed by atoms with van der Waals surface area (Å²) in [6.45, 7) is 7.11. The molecule has 0 saturated heterocycles. The van der Waals surface area contributed by atoms with Gasteiger partial charge in [-0.05, 0) is 25.2 Å². The Morgan fingerprint density at radius 3 is 2.89 bits per heavy atom. The van der Waals surface area contributed by atoms with Gasteiger partial charge in [0, 0.05) is 25.7 Å². The molecular formula is C14H20N2OS. The van der Waals surface area contributed by atoms with Crippen molar-refractivity contribution in [2.24, 2.45) is 0 Å². The molecule has 0 heterocycles. The number of nitrogens with one attached hydrogen (secondary N) is 1. The molecule has 0 aromatic heterocycles. The van der Waals surface area contributed by atoms with Crippen molar-refractivity contribution in [2.75, 3.05) is 20.7 Å². The maximum atomic E-state index is 5.36. The van der Waals surface area contributed by atoms with Crippen LogP contribution in [0.1, 0.15) is 11.1 Å². The molecule has 0 bridgehead atoms. The van der Waals surface area contributed by atoms with Crippen molar-refractivity contribution >= 4 is 17.3 Å². The third kappa shape index (κ3) is 4.04. The highest BCUT2D eigenvalue weighted by Gasteiger charge is 2.08. The molecule has 3 nitrogen and oxygen atoms in total. The Labute approximate surface area is 114 Å². The lowest BCUT2D eigenvalue weighted by Crippen LogP contribution is -2.36. The fraction of sp³-hybridized carbons (Fsp3) is 0.357. The van der Waals surface area contributed by atoms with Crippen LogP contribution in [-0.4, -0.2) is 30.7 Å². The number of hydrogen-bond acceptors (Lipinski definition) is 2. The summed E-state index contributed by atoms with van der Waals surface area (Å²) >= 11 is 5.28. The topological polar surface area (TPSA) is 24.5 Å². The molecule has 0 saturated carbocycles. The van der Waals surface area contributed by atoms with Crippen LogP contribution in [-0.2, 0) is 6.54 Å². The van der Waals surface area contributed by atoms with Crippen molar-refractivity contribution in [1.29, 1.82) is 0 Å². The van der Waals surface area contributed by atoms with Crippen molar-refractivity contribution in [3.8, 4) is 5.75 Å². The lowest BCUT2D eigenvalue weighted by Gasteiger charge is -2.22. The van der Waals surface area contributed by atoms with Crippen LogP contribution in [0.5, 0.6) is 5.75 Å². The van der Waals surface area contributed by atoms with Crippen LogP contribution in [0.25, 0.3) is 0 Å². The molecule has 0 aliphatic carbocycles. The Morgan fingerprint density at radius 2 is 2.28 bits per heavy atom. The Morgan fingerprint density at radius 1 is 1.56 bits per heavy atom. The first-order valence-electron chi connectivity index (χ1n) is 5.82. The fourth-order valence-corrected chi connectivity index (χ4v) is 1.80. The third-order valence-corrected chi connectivity index (χ3v) is 3.04. The van der Waals surface area contributed by atoms with E-state index in [0.29, 0.717) is 18.2 Å². The van der Waals surface area contributed by atoms with Gasteiger partial charge in [0.15, 0.2) is 5.11 Å². The number of aryl methyl sites for hydroxylation is 1. The Kier molecular flexibility index (Phi) is 5.65. The van der Waals surface area contributed by atoms with Crippen LogP contribution in [0.2, 0.25) is 0 Å². The van der Waals surface area contributed by atoms with Crippen molar-refractivity contribution in [1.82, 2.24) is 10.2 Å². The van der Waals surface area contributed by atoms with Gasteiger partial charge in [0.25, 0.3) is 0 Å². The predicted molar refractivity (Wildman–Crippen MR) is 80.0 cm³/mol. The van der Waals surface area contributed by atoms with E-state index < -0.39 is 0 Å². The highest BCUT2D eigenvalue weighted by molar-refractivity contribution is 7.80. The van der Waals surface area contributed by atoms with E-state index in [1.807, 2.05) is 24.1 Å². The summed E-state index contributed by atoms with van der Waals surface area (Å²) < 4.78 is 5.36. The summed E-state index contributed by atoms with van der Waals surface area (Å²) in [5, 5.41) is 3.81. The average Bonchev–Trinajstić information content (AvgIpc) is 2.36. The molecular weight excluding hydrogens is 244 g/mol. The van der Waals surface area contributed by atoms with E-state index in [9.17, 15) is 0 Å². The van der Waals surface area contributed by atoms with E-state index in [2.05, 4.69) is 24.9 Å². The molecule has 0 unspecified atom stereocenters. The average molecular weight is 264 g/mol. The van der Waals surface area contributed by atoms with Gasteiger partial charge in [-0.3, -0.25) is 0 Å². The van der Waals surface area contributed by atoms with E-state index in [-0.39, 0.29) is 0 Å². The molecule has 1 rings (SSSR count). The zero-order valence-electron chi connectivity index (χ0n) is 11.2. The van der Waals surface area contributed by atoms with Gasteiger partial charge in [-0.2, -0.15) is 0 Å². The molecule has 1 N–H and O–H groups in total. The van der Waals surface area contributed by atoms with Crippen LogP contribution < -0.4 is 10.1 Å². The molecule has 18 heavy (non-hydrogen) atoms. The van der Waals surface area contributed by atoms with Gasteiger partial charge in [0.1, 0.15) is 5.75 Å². The normalized spacial score (nSPS) is 9.72. The Balaban J connectivity index is 2.74. The van der Waals surface area contributed by atoms with Crippen molar-refractivity contribution in [2.45, 2.75) is 13.5 Å². The van der Waals surface area contributed by atoms with Crippen molar-refractivity contribution in [3.05, 3.63) is 42.0 Å². The number of ether oxygens (including phenoxy) is 1. The van der Waals surface area contributed by atoms with Crippen LogP contribution >= 0.6 is 12.2 Å². The number of thiocarbonyl (C=S) groups is 1. The van der Waals surface area contributed by atoms with E-state index in [1.165, 1.54) is 5.56 Å². The molecule has 0 amide bonds. The van der Waals surface area contributed by atoms with Crippen LogP contribution in [0, 0.1) is 6.92 Å². The first-order valence-corrected chi connectivity index (χ1v) is 6.22. The van der Waals surface area contributed by atoms with Gasteiger partial charge in [0.2, 0.25) is 0 Å². The minimum absolute atomic E-state index is 0.675. The van der Waals surface area contributed by atoms with Crippen LogP contribution in [0.3, 0.4) is 0 Å². The molecule has 0 spiro atoms. The van der Waals surface area contributed by atoms with Crippen molar-refractivity contribution in [3.63, 3.8) is 0 Å². The summed E-state index contributed by atoms with van der Waals surface area (Å²) in [4.78, 5) is 1.98. The lowest BCUT2D eigenvalue weighted by atomic mass is 10.1. The number of benzene rings is 1. The fourth-order valence-electron chi connectivity index (χ4n) is 1.65. The Hall–Kier alpha value is -1.55. The second kappa shape index (κ2) is 7.01. The standard InChI is InChI=1S/C14H20N2OS/c1-5-8-15-14(18)16(3)10-12-9-11(2)6-7-13(12)17-4/h5-7,9H,1,8,10H2,2-4H3,(H,15,18). The Bertz CT molecular complexity index is 432. The first kappa shape index (κ1) is 14.5. The van der Waals surface area contributed by atoms with Gasteiger partial charge >= 0.3 is 0 Å². The predicted octanol–water partition coefficient (Wildman–Crippen LogP) is 2.50. The second-order valence-electron chi connectivity index (χ2n) is 4.15. The summed E-state index contributed by atoms with van der Waals surface area (Å²) in [7, 11) is 3.64. The minimum Gasteiger partial charge on any atom is -0.496 e. The van der Waals surface area contributed by atoms with E-state index in [4.69, 9.17) is 17.0 Å². The zero-order chi connectivity index (χ0) is 13.5. The molecule has 0 aliphatic rings. The lowest BCUT2D eigenvalue weighted by molar-refractivity contribution is 0.397. The number of nitrogens with zero attached hydrogens (tertiary/aromatic N) is 1. The van der Waals surface area contributed by atoms with E-state index >= 15 is 0 Å². The molecule has 1 aromatic rings. The van der Waals surface area contributed by atoms with Gasteiger partial charge < -0.3 is 15.0 Å². The molecule has 4 heteroatoms. The molecule has 0 atom stereocenters. The van der Waals surface area contributed by atoms with E-state index in [1.54, 1.807) is 13.2 Å². The van der Waals surface area contributed by atoms with Crippen LogP contribution in [0.15, 0.2) is 30.9 Å². The number of rotatable bonds is 5. The molecule has 0 radical (unpaired) electrons. The third-order valence-electron chi connectivity index (χ3n) is 2.59. The highest BCUT2D eigenvalue weighted by Crippen LogP contribution is 2.20. The molecule has 1 aromatic carbocycles. The van der Waals surface area contributed by atoms with Gasteiger partial charge in [-0.15, -0.1) is 6.58 Å². The summed E-state index contributed by atoms with van der Waals surface area (Å²) in [5.74, 6) is 0.888. The largest absolute Gasteiger partial charge is 0.496 e.